The molecule has 0 fully saturated rings. The van der Waals surface area contributed by atoms with Crippen LogP contribution >= 0.6 is 0 Å². The van der Waals surface area contributed by atoms with E-state index in [9.17, 15) is 8.78 Å². The number of rotatable bonds is 4. The molecule has 0 unspecified atom stereocenters. The van der Waals surface area contributed by atoms with Crippen LogP contribution in [-0.2, 0) is 6.42 Å². The number of nitrogens with zero attached hydrogens (tertiary/aromatic N) is 4. The van der Waals surface area contributed by atoms with Crippen molar-refractivity contribution in [3.8, 4) is 11.5 Å². The summed E-state index contributed by atoms with van der Waals surface area (Å²) in [5.74, 6) is -0.626. The maximum absolute atomic E-state index is 12.5. The van der Waals surface area contributed by atoms with Gasteiger partial charge in [-0.15, -0.1) is 10.2 Å². The van der Waals surface area contributed by atoms with Crippen molar-refractivity contribution in [1.29, 1.82) is 0 Å². The minimum atomic E-state index is -2.78. The number of benzene rings is 1. The average molecular weight is 326 g/mol. The van der Waals surface area contributed by atoms with E-state index in [1.54, 1.807) is 18.3 Å². The molecule has 3 heterocycles. The summed E-state index contributed by atoms with van der Waals surface area (Å²) >= 11 is 0. The molecule has 120 valence electrons. The van der Waals surface area contributed by atoms with E-state index in [2.05, 4.69) is 15.2 Å². The summed E-state index contributed by atoms with van der Waals surface area (Å²) in [5.41, 5.74) is 3.32. The van der Waals surface area contributed by atoms with Crippen LogP contribution < -0.4 is 0 Å². The molecule has 4 aromatic rings. The fourth-order valence-electron chi connectivity index (χ4n) is 2.50. The van der Waals surface area contributed by atoms with Gasteiger partial charge >= 0.3 is 6.43 Å². The zero-order chi connectivity index (χ0) is 16.5. The van der Waals surface area contributed by atoms with Gasteiger partial charge in [-0.2, -0.15) is 8.78 Å². The standard InChI is InChI=1S/C17H12F2N4O/c18-15(19)17-22-21-16(24-17)12-6-7-23-10-13(20-14(23)9-12)8-11-4-2-1-3-5-11/h1-7,9-10,15H,8H2. The fourth-order valence-corrected chi connectivity index (χ4v) is 2.50. The van der Waals surface area contributed by atoms with Crippen molar-refractivity contribution in [2.75, 3.05) is 0 Å². The van der Waals surface area contributed by atoms with E-state index in [4.69, 9.17) is 4.42 Å². The normalized spacial score (nSPS) is 11.5. The highest BCUT2D eigenvalue weighted by atomic mass is 19.3. The van der Waals surface area contributed by atoms with E-state index in [1.165, 1.54) is 5.56 Å². The lowest BCUT2D eigenvalue weighted by Crippen LogP contribution is -1.86. The Balaban J connectivity index is 1.65. The third-order valence-corrected chi connectivity index (χ3v) is 3.61. The Morgan fingerprint density at radius 2 is 1.92 bits per heavy atom. The van der Waals surface area contributed by atoms with Gasteiger partial charge in [0.25, 0.3) is 5.89 Å². The Labute approximate surface area is 135 Å². The van der Waals surface area contributed by atoms with Crippen LogP contribution in [0, 0.1) is 0 Å². The van der Waals surface area contributed by atoms with Gasteiger partial charge in [0.2, 0.25) is 5.89 Å². The molecule has 4 rings (SSSR count). The summed E-state index contributed by atoms with van der Waals surface area (Å²) in [6, 6.07) is 13.5. The van der Waals surface area contributed by atoms with Gasteiger partial charge in [-0.1, -0.05) is 30.3 Å². The number of imidazole rings is 1. The monoisotopic (exact) mass is 326 g/mol. The third kappa shape index (κ3) is 2.76. The molecule has 3 aromatic heterocycles. The molecular weight excluding hydrogens is 314 g/mol. The fraction of sp³-hybridized carbons (Fsp3) is 0.118. The van der Waals surface area contributed by atoms with Crippen LogP contribution in [0.5, 0.6) is 0 Å². The van der Waals surface area contributed by atoms with E-state index in [1.807, 2.05) is 40.9 Å². The first-order chi connectivity index (χ1) is 11.7. The third-order valence-electron chi connectivity index (χ3n) is 3.61. The number of hydrogen-bond donors (Lipinski definition) is 0. The lowest BCUT2D eigenvalue weighted by Gasteiger charge is -1.96. The van der Waals surface area contributed by atoms with Crippen LogP contribution in [0.25, 0.3) is 17.1 Å². The minimum Gasteiger partial charge on any atom is -0.415 e. The minimum absolute atomic E-state index is 0.0559. The molecule has 0 saturated carbocycles. The van der Waals surface area contributed by atoms with E-state index < -0.39 is 12.3 Å². The predicted molar refractivity (Wildman–Crippen MR) is 82.7 cm³/mol. The smallest absolute Gasteiger partial charge is 0.314 e. The molecule has 0 saturated heterocycles. The quantitative estimate of drug-likeness (QED) is 0.570. The molecule has 0 amide bonds. The molecule has 0 bridgehead atoms. The van der Waals surface area contributed by atoms with Gasteiger partial charge in [-0.3, -0.25) is 0 Å². The van der Waals surface area contributed by atoms with Gasteiger partial charge in [0, 0.05) is 24.4 Å². The van der Waals surface area contributed by atoms with Crippen molar-refractivity contribution in [3.05, 3.63) is 72.0 Å². The number of hydrogen-bond acceptors (Lipinski definition) is 4. The summed E-state index contributed by atoms with van der Waals surface area (Å²) in [5, 5.41) is 6.99. The largest absolute Gasteiger partial charge is 0.415 e. The summed E-state index contributed by atoms with van der Waals surface area (Å²) in [6.07, 6.45) is 1.66. The molecule has 1 aromatic carbocycles. The van der Waals surface area contributed by atoms with Crippen molar-refractivity contribution in [3.63, 3.8) is 0 Å². The molecule has 0 aliphatic carbocycles. The molecular formula is C17H12F2N4O. The van der Waals surface area contributed by atoms with Crippen LogP contribution in [0.2, 0.25) is 0 Å². The van der Waals surface area contributed by atoms with Gasteiger partial charge in [-0.05, 0) is 17.7 Å². The van der Waals surface area contributed by atoms with Gasteiger partial charge in [0.05, 0.1) is 5.69 Å². The maximum Gasteiger partial charge on any atom is 0.314 e. The van der Waals surface area contributed by atoms with Crippen LogP contribution in [0.4, 0.5) is 8.78 Å². The van der Waals surface area contributed by atoms with E-state index in [-0.39, 0.29) is 5.89 Å². The SMILES string of the molecule is FC(F)c1nnc(-c2ccn3cc(Cc4ccccc4)nc3c2)o1. The predicted octanol–water partition coefficient (Wildman–Crippen LogP) is 3.91. The highest BCUT2D eigenvalue weighted by Crippen LogP contribution is 2.24. The van der Waals surface area contributed by atoms with E-state index >= 15 is 0 Å². The topological polar surface area (TPSA) is 56.2 Å². The van der Waals surface area contributed by atoms with Crippen LogP contribution in [0.15, 0.2) is 59.3 Å². The zero-order valence-corrected chi connectivity index (χ0v) is 12.4. The lowest BCUT2D eigenvalue weighted by atomic mass is 10.1. The Morgan fingerprint density at radius 1 is 1.08 bits per heavy atom. The van der Waals surface area contributed by atoms with Crippen molar-refractivity contribution < 1.29 is 13.2 Å². The molecule has 0 N–H and O–H groups in total. The second-order valence-electron chi connectivity index (χ2n) is 5.32. The van der Waals surface area contributed by atoms with Gasteiger partial charge in [-0.25, -0.2) is 4.98 Å². The first kappa shape index (κ1) is 14.5. The molecule has 0 aliphatic heterocycles. The van der Waals surface area contributed by atoms with Crippen molar-refractivity contribution >= 4 is 5.65 Å². The molecule has 7 heteroatoms. The number of alkyl halides is 2. The van der Waals surface area contributed by atoms with Gasteiger partial charge < -0.3 is 8.82 Å². The van der Waals surface area contributed by atoms with Crippen molar-refractivity contribution in [2.24, 2.45) is 0 Å². The molecule has 24 heavy (non-hydrogen) atoms. The number of aromatic nitrogens is 4. The molecule has 0 atom stereocenters. The number of pyridine rings is 1. The highest BCUT2D eigenvalue weighted by Gasteiger charge is 2.17. The number of fused-ring (bicyclic) bond motifs is 1. The van der Waals surface area contributed by atoms with Gasteiger partial charge in [0.15, 0.2) is 0 Å². The van der Waals surface area contributed by atoms with Crippen LogP contribution in [-0.4, -0.2) is 19.6 Å². The summed E-state index contributed by atoms with van der Waals surface area (Å²) < 4.78 is 31.9. The molecule has 0 aliphatic rings. The first-order valence-electron chi connectivity index (χ1n) is 7.32. The van der Waals surface area contributed by atoms with E-state index in [0.29, 0.717) is 17.6 Å². The average Bonchev–Trinajstić information content (AvgIpc) is 3.21. The van der Waals surface area contributed by atoms with Crippen molar-refractivity contribution in [2.45, 2.75) is 12.8 Å². The summed E-state index contributed by atoms with van der Waals surface area (Å²) in [4.78, 5) is 4.56. The zero-order valence-electron chi connectivity index (χ0n) is 12.4. The summed E-state index contributed by atoms with van der Waals surface area (Å²) in [7, 11) is 0. The number of halogens is 2. The van der Waals surface area contributed by atoms with Crippen molar-refractivity contribution in [1.82, 2.24) is 19.6 Å². The molecule has 5 nitrogen and oxygen atoms in total. The Hall–Kier alpha value is -3.09. The second-order valence-corrected chi connectivity index (χ2v) is 5.32. The Morgan fingerprint density at radius 3 is 2.67 bits per heavy atom. The Kier molecular flexibility index (Phi) is 3.53. The van der Waals surface area contributed by atoms with Gasteiger partial charge in [0.1, 0.15) is 5.65 Å². The molecule has 0 spiro atoms. The lowest BCUT2D eigenvalue weighted by molar-refractivity contribution is 0.116. The van der Waals surface area contributed by atoms with Crippen LogP contribution in [0.1, 0.15) is 23.6 Å². The van der Waals surface area contributed by atoms with Crippen LogP contribution in [0.3, 0.4) is 0 Å². The Bertz CT molecular complexity index is 979. The second kappa shape index (κ2) is 5.84. The molecule has 0 radical (unpaired) electrons. The summed E-state index contributed by atoms with van der Waals surface area (Å²) in [6.45, 7) is 0. The first-order valence-corrected chi connectivity index (χ1v) is 7.32. The highest BCUT2D eigenvalue weighted by molar-refractivity contribution is 5.60. The van der Waals surface area contributed by atoms with E-state index in [0.717, 1.165) is 5.69 Å². The maximum atomic E-state index is 12.5.